The zero-order valence-electron chi connectivity index (χ0n) is 8.63. The lowest BCUT2D eigenvalue weighted by molar-refractivity contribution is 0.0661. The average Bonchev–Trinajstić information content (AvgIpc) is 2.43. The molecule has 7 heteroatoms. The molecule has 88 valence electrons. The van der Waals surface area contributed by atoms with E-state index in [-0.39, 0.29) is 16.4 Å². The van der Waals surface area contributed by atoms with Gasteiger partial charge in [-0.1, -0.05) is 0 Å². The summed E-state index contributed by atoms with van der Waals surface area (Å²) in [6.07, 6.45) is 0.835. The van der Waals surface area contributed by atoms with Crippen LogP contribution < -0.4 is 0 Å². The third-order valence-corrected chi connectivity index (χ3v) is 4.52. The molecule has 6 nitrogen and oxygen atoms in total. The van der Waals surface area contributed by atoms with E-state index < -0.39 is 16.0 Å². The molecule has 2 heterocycles. The van der Waals surface area contributed by atoms with Gasteiger partial charge in [-0.05, 0) is 13.3 Å². The van der Waals surface area contributed by atoms with Gasteiger partial charge in [0, 0.05) is 19.2 Å². The van der Waals surface area contributed by atoms with E-state index in [1.807, 2.05) is 0 Å². The fraction of sp³-hybridized carbons (Fsp3) is 0.444. The summed E-state index contributed by atoms with van der Waals surface area (Å²) in [4.78, 5) is 10.6. The molecule has 1 saturated heterocycles. The molecule has 1 aromatic heterocycles. The molecule has 0 radical (unpaired) electrons. The smallest absolute Gasteiger partial charge is 0.371 e. The molecule has 1 aliphatic heterocycles. The number of rotatable bonds is 3. The predicted octanol–water partition coefficient (Wildman–Crippen LogP) is 0.681. The van der Waals surface area contributed by atoms with Crippen molar-refractivity contribution in [3.63, 3.8) is 0 Å². The molecule has 0 spiro atoms. The van der Waals surface area contributed by atoms with E-state index in [4.69, 9.17) is 9.52 Å². The van der Waals surface area contributed by atoms with Gasteiger partial charge in [0.15, 0.2) is 0 Å². The normalized spacial score (nSPS) is 17.1. The van der Waals surface area contributed by atoms with Crippen LogP contribution in [0.3, 0.4) is 0 Å². The van der Waals surface area contributed by atoms with E-state index >= 15 is 0 Å². The number of carbonyl (C=O) groups is 1. The lowest BCUT2D eigenvalue weighted by atomic mass is 10.3. The minimum atomic E-state index is -3.57. The molecule has 0 bridgehead atoms. The van der Waals surface area contributed by atoms with E-state index in [1.54, 1.807) is 0 Å². The standard InChI is InChI=1S/C9H11NO5S/c1-6-8(5-7(15-6)9(11)12)16(13,14)10-3-2-4-10/h5H,2-4H2,1H3,(H,11,12). The summed E-state index contributed by atoms with van der Waals surface area (Å²) in [5, 5.41) is 8.70. The van der Waals surface area contributed by atoms with Gasteiger partial charge in [-0.25, -0.2) is 13.2 Å². The third kappa shape index (κ3) is 1.61. The number of carboxylic acids is 1. The molecule has 0 amide bonds. The number of hydrogen-bond donors (Lipinski definition) is 1. The molecule has 0 atom stereocenters. The van der Waals surface area contributed by atoms with Crippen LogP contribution in [0.2, 0.25) is 0 Å². The van der Waals surface area contributed by atoms with Gasteiger partial charge >= 0.3 is 5.97 Å². The molecule has 0 unspecified atom stereocenters. The molecule has 0 saturated carbocycles. The van der Waals surface area contributed by atoms with Crippen molar-refractivity contribution in [2.45, 2.75) is 18.2 Å². The first kappa shape index (κ1) is 11.2. The number of carboxylic acid groups (broad SMARTS) is 1. The van der Waals surface area contributed by atoms with E-state index in [9.17, 15) is 13.2 Å². The minimum Gasteiger partial charge on any atom is -0.475 e. The minimum absolute atomic E-state index is 0.0513. The van der Waals surface area contributed by atoms with Gasteiger partial charge in [-0.3, -0.25) is 0 Å². The first-order valence-corrected chi connectivity index (χ1v) is 6.21. The number of nitrogens with zero attached hydrogens (tertiary/aromatic N) is 1. The fourth-order valence-corrected chi connectivity index (χ4v) is 3.17. The van der Waals surface area contributed by atoms with Crippen molar-refractivity contribution >= 4 is 16.0 Å². The highest BCUT2D eigenvalue weighted by Crippen LogP contribution is 2.26. The SMILES string of the molecule is Cc1oc(C(=O)O)cc1S(=O)(=O)N1CCC1. The highest BCUT2D eigenvalue weighted by atomic mass is 32.2. The zero-order valence-corrected chi connectivity index (χ0v) is 9.45. The van der Waals surface area contributed by atoms with Crippen LogP contribution in [0, 0.1) is 6.92 Å². The topological polar surface area (TPSA) is 87.8 Å². The average molecular weight is 245 g/mol. The van der Waals surface area contributed by atoms with Gasteiger partial charge in [0.2, 0.25) is 15.8 Å². The maximum Gasteiger partial charge on any atom is 0.371 e. The van der Waals surface area contributed by atoms with Crippen molar-refractivity contribution in [3.8, 4) is 0 Å². The molecule has 1 aliphatic rings. The van der Waals surface area contributed by atoms with Crippen molar-refractivity contribution in [3.05, 3.63) is 17.6 Å². The molecule has 1 fully saturated rings. The van der Waals surface area contributed by atoms with Crippen LogP contribution in [0.4, 0.5) is 0 Å². The number of aryl methyl sites for hydroxylation is 1. The Bertz CT molecular complexity index is 526. The van der Waals surface area contributed by atoms with Crippen molar-refractivity contribution in [2.75, 3.05) is 13.1 Å². The second-order valence-corrected chi connectivity index (χ2v) is 5.50. The molecular formula is C9H11NO5S. The Kier molecular flexibility index (Phi) is 2.51. The maximum absolute atomic E-state index is 11.9. The van der Waals surface area contributed by atoms with E-state index in [0.717, 1.165) is 12.5 Å². The lowest BCUT2D eigenvalue weighted by Gasteiger charge is -2.29. The van der Waals surface area contributed by atoms with Gasteiger partial charge in [-0.2, -0.15) is 4.31 Å². The molecule has 1 N–H and O–H groups in total. The largest absolute Gasteiger partial charge is 0.475 e. The number of furan rings is 1. The van der Waals surface area contributed by atoms with Gasteiger partial charge < -0.3 is 9.52 Å². The number of sulfonamides is 1. The summed E-state index contributed by atoms with van der Waals surface area (Å²) >= 11 is 0. The molecule has 0 aliphatic carbocycles. The van der Waals surface area contributed by atoms with Gasteiger partial charge in [0.25, 0.3) is 0 Å². The maximum atomic E-state index is 11.9. The summed E-state index contributed by atoms with van der Waals surface area (Å²) in [6.45, 7) is 2.41. The lowest BCUT2D eigenvalue weighted by Crippen LogP contribution is -2.41. The Labute approximate surface area is 92.5 Å². The summed E-state index contributed by atoms with van der Waals surface area (Å²) in [6, 6.07) is 1.06. The molecule has 1 aromatic rings. The summed E-state index contributed by atoms with van der Waals surface area (Å²) in [7, 11) is -3.57. The Hall–Kier alpha value is -1.34. The fourth-order valence-electron chi connectivity index (χ4n) is 1.49. The van der Waals surface area contributed by atoms with Crippen LogP contribution >= 0.6 is 0 Å². The van der Waals surface area contributed by atoms with Gasteiger partial charge in [0.05, 0.1) is 0 Å². The Morgan fingerprint density at radius 3 is 2.50 bits per heavy atom. The highest BCUT2D eigenvalue weighted by molar-refractivity contribution is 7.89. The van der Waals surface area contributed by atoms with Crippen LogP contribution in [0.1, 0.15) is 22.7 Å². The highest BCUT2D eigenvalue weighted by Gasteiger charge is 2.33. The molecule has 0 aromatic carbocycles. The summed E-state index contributed by atoms with van der Waals surface area (Å²) in [5.41, 5.74) is 0. The number of hydrogen-bond acceptors (Lipinski definition) is 4. The van der Waals surface area contributed by atoms with Crippen molar-refractivity contribution < 1.29 is 22.7 Å². The van der Waals surface area contributed by atoms with Crippen LogP contribution in [0.15, 0.2) is 15.4 Å². The van der Waals surface area contributed by atoms with Crippen molar-refractivity contribution in [1.29, 1.82) is 0 Å². The van der Waals surface area contributed by atoms with Crippen molar-refractivity contribution in [2.24, 2.45) is 0 Å². The summed E-state index contributed by atoms with van der Waals surface area (Å²) in [5.74, 6) is -1.51. The number of aromatic carboxylic acids is 1. The Morgan fingerprint density at radius 2 is 2.12 bits per heavy atom. The van der Waals surface area contributed by atoms with E-state index in [2.05, 4.69) is 0 Å². The van der Waals surface area contributed by atoms with Gasteiger partial charge in [0.1, 0.15) is 10.7 Å². The monoisotopic (exact) mass is 245 g/mol. The molecule has 16 heavy (non-hydrogen) atoms. The van der Waals surface area contributed by atoms with Gasteiger partial charge in [-0.15, -0.1) is 0 Å². The Balaban J connectivity index is 2.43. The molecular weight excluding hydrogens is 234 g/mol. The van der Waals surface area contributed by atoms with Crippen LogP contribution in [-0.2, 0) is 10.0 Å². The first-order valence-electron chi connectivity index (χ1n) is 4.77. The second kappa shape index (κ2) is 3.60. The van der Waals surface area contributed by atoms with Crippen molar-refractivity contribution in [1.82, 2.24) is 4.31 Å². The zero-order chi connectivity index (χ0) is 11.9. The quantitative estimate of drug-likeness (QED) is 0.846. The Morgan fingerprint density at radius 1 is 1.50 bits per heavy atom. The van der Waals surface area contributed by atoms with E-state index in [1.165, 1.54) is 11.2 Å². The summed E-state index contributed by atoms with van der Waals surface area (Å²) < 4.78 is 30.1. The predicted molar refractivity (Wildman–Crippen MR) is 53.8 cm³/mol. The van der Waals surface area contributed by atoms with E-state index in [0.29, 0.717) is 13.1 Å². The first-order chi connectivity index (χ1) is 7.43. The third-order valence-electron chi connectivity index (χ3n) is 2.52. The van der Waals surface area contributed by atoms with Crippen LogP contribution in [0.5, 0.6) is 0 Å². The van der Waals surface area contributed by atoms with Crippen LogP contribution in [-0.4, -0.2) is 36.9 Å². The second-order valence-electron chi connectivity index (χ2n) is 3.59. The molecule has 2 rings (SSSR count). The van der Waals surface area contributed by atoms with Crippen LogP contribution in [0.25, 0.3) is 0 Å².